The fourth-order valence-electron chi connectivity index (χ4n) is 4.52. The first-order valence-electron chi connectivity index (χ1n) is 10.3. The molecule has 3 fully saturated rings. The van der Waals surface area contributed by atoms with E-state index in [-0.39, 0.29) is 48.0 Å². The van der Waals surface area contributed by atoms with Crippen molar-refractivity contribution in [1.82, 2.24) is 15.5 Å². The average molecular weight is 428 g/mol. The monoisotopic (exact) mass is 427 g/mol. The third-order valence-electron chi connectivity index (χ3n) is 6.25. The van der Waals surface area contributed by atoms with E-state index in [4.69, 9.17) is 0 Å². The van der Waals surface area contributed by atoms with Crippen LogP contribution in [0.15, 0.2) is 18.2 Å². The van der Waals surface area contributed by atoms with Gasteiger partial charge in [-0.05, 0) is 68.2 Å². The van der Waals surface area contributed by atoms with E-state index in [2.05, 4.69) is 10.6 Å². The van der Waals surface area contributed by atoms with Gasteiger partial charge in [0.05, 0.1) is 6.04 Å². The zero-order valence-corrected chi connectivity index (χ0v) is 17.1. The average Bonchev–Trinajstić information content (AvgIpc) is 3.31. The first-order chi connectivity index (χ1) is 13.5. The summed E-state index contributed by atoms with van der Waals surface area (Å²) in [5, 5.41) is 6.22. The van der Waals surface area contributed by atoms with Crippen LogP contribution in [0.1, 0.15) is 43.6 Å². The number of amides is 2. The van der Waals surface area contributed by atoms with E-state index < -0.39 is 11.6 Å². The molecule has 2 N–H and O–H groups in total. The molecule has 4 atom stereocenters. The van der Waals surface area contributed by atoms with Gasteiger partial charge in [0.25, 0.3) is 0 Å². The van der Waals surface area contributed by atoms with Gasteiger partial charge in [-0.3, -0.25) is 9.59 Å². The van der Waals surface area contributed by atoms with Gasteiger partial charge in [0.15, 0.2) is 11.6 Å². The first-order valence-corrected chi connectivity index (χ1v) is 10.3. The topological polar surface area (TPSA) is 61.4 Å². The van der Waals surface area contributed by atoms with Crippen molar-refractivity contribution in [3.8, 4) is 0 Å². The second-order valence-electron chi connectivity index (χ2n) is 8.31. The van der Waals surface area contributed by atoms with Crippen LogP contribution in [0.5, 0.6) is 0 Å². The maximum Gasteiger partial charge on any atom is 0.237 e. The van der Waals surface area contributed by atoms with Gasteiger partial charge in [0.1, 0.15) is 0 Å². The zero-order chi connectivity index (χ0) is 19.7. The molecule has 8 heteroatoms. The largest absolute Gasteiger partial charge is 0.354 e. The van der Waals surface area contributed by atoms with Gasteiger partial charge in [-0.2, -0.15) is 0 Å². The van der Waals surface area contributed by atoms with Gasteiger partial charge < -0.3 is 15.5 Å². The number of nitrogens with one attached hydrogen (secondary N) is 2. The predicted molar refractivity (Wildman–Crippen MR) is 108 cm³/mol. The molecule has 2 heterocycles. The summed E-state index contributed by atoms with van der Waals surface area (Å²) in [6.07, 6.45) is 4.53. The Morgan fingerprint density at radius 1 is 1.17 bits per heavy atom. The quantitative estimate of drug-likeness (QED) is 0.759. The van der Waals surface area contributed by atoms with Gasteiger partial charge in [0.2, 0.25) is 11.8 Å². The molecule has 4 unspecified atom stereocenters. The fourth-order valence-corrected chi connectivity index (χ4v) is 4.52. The number of hydrogen-bond donors (Lipinski definition) is 2. The summed E-state index contributed by atoms with van der Waals surface area (Å²) in [7, 11) is 0. The van der Waals surface area contributed by atoms with Crippen molar-refractivity contribution in [2.45, 2.75) is 44.1 Å². The number of nitrogens with zero attached hydrogens (tertiary/aromatic N) is 1. The Labute approximate surface area is 176 Å². The molecular weight excluding hydrogens is 400 g/mol. The van der Waals surface area contributed by atoms with Crippen molar-refractivity contribution in [3.63, 3.8) is 0 Å². The molecule has 5 nitrogen and oxygen atoms in total. The molecule has 0 aromatic heterocycles. The number of carbonyl (C=O) groups is 2. The normalized spacial score (nSPS) is 28.6. The van der Waals surface area contributed by atoms with Crippen LogP contribution in [0, 0.1) is 23.5 Å². The summed E-state index contributed by atoms with van der Waals surface area (Å²) in [6, 6.07) is 3.83. The van der Waals surface area contributed by atoms with Crippen LogP contribution in [0.25, 0.3) is 0 Å². The van der Waals surface area contributed by atoms with Crippen LogP contribution in [-0.2, 0) is 9.59 Å². The molecule has 0 spiro atoms. The molecule has 2 aliphatic heterocycles. The number of hydrogen-bond acceptors (Lipinski definition) is 3. The Morgan fingerprint density at radius 2 is 2.00 bits per heavy atom. The summed E-state index contributed by atoms with van der Waals surface area (Å²) >= 11 is 0. The Bertz CT molecular complexity index is 757. The van der Waals surface area contributed by atoms with Gasteiger partial charge in [0, 0.05) is 25.6 Å². The number of carbonyl (C=O) groups excluding carboxylic acids is 2. The van der Waals surface area contributed by atoms with Crippen LogP contribution >= 0.6 is 12.4 Å². The minimum Gasteiger partial charge on any atom is -0.354 e. The lowest BCUT2D eigenvalue weighted by molar-refractivity contribution is -0.134. The molecule has 0 radical (unpaired) electrons. The smallest absolute Gasteiger partial charge is 0.237 e. The van der Waals surface area contributed by atoms with Crippen molar-refractivity contribution in [2.75, 3.05) is 26.2 Å². The second kappa shape index (κ2) is 9.39. The van der Waals surface area contributed by atoms with E-state index in [0.29, 0.717) is 25.1 Å². The van der Waals surface area contributed by atoms with Crippen molar-refractivity contribution < 1.29 is 18.4 Å². The van der Waals surface area contributed by atoms with E-state index in [1.807, 2.05) is 4.90 Å². The minimum atomic E-state index is -0.860. The lowest BCUT2D eigenvalue weighted by Gasteiger charge is -2.33. The van der Waals surface area contributed by atoms with E-state index in [1.54, 1.807) is 6.07 Å². The van der Waals surface area contributed by atoms with Gasteiger partial charge in [-0.25, -0.2) is 8.78 Å². The van der Waals surface area contributed by atoms with Gasteiger partial charge >= 0.3 is 0 Å². The maximum absolute atomic E-state index is 13.5. The molecule has 2 saturated heterocycles. The molecular formula is C21H28ClF2N3O2. The third-order valence-corrected chi connectivity index (χ3v) is 6.25. The first kappa shape index (κ1) is 22.0. The van der Waals surface area contributed by atoms with E-state index >= 15 is 0 Å². The van der Waals surface area contributed by atoms with E-state index in [9.17, 15) is 18.4 Å². The molecule has 2 amide bonds. The molecule has 1 aromatic carbocycles. The molecule has 4 rings (SSSR count). The molecule has 160 valence electrons. The number of likely N-dealkylation sites (tertiary alicyclic amines) is 1. The summed E-state index contributed by atoms with van der Waals surface area (Å²) in [4.78, 5) is 26.9. The number of rotatable bonds is 5. The highest BCUT2D eigenvalue weighted by Crippen LogP contribution is 2.49. The van der Waals surface area contributed by atoms with Crippen molar-refractivity contribution in [1.29, 1.82) is 0 Å². The Balaban J connectivity index is 0.00000240. The van der Waals surface area contributed by atoms with Crippen molar-refractivity contribution in [2.24, 2.45) is 11.8 Å². The van der Waals surface area contributed by atoms with Crippen LogP contribution < -0.4 is 10.6 Å². The molecule has 1 aliphatic carbocycles. The second-order valence-corrected chi connectivity index (χ2v) is 8.31. The summed E-state index contributed by atoms with van der Waals surface area (Å²) < 4.78 is 26.6. The Hall–Kier alpha value is -1.73. The van der Waals surface area contributed by atoms with Crippen LogP contribution in [-0.4, -0.2) is 48.9 Å². The van der Waals surface area contributed by atoms with Gasteiger partial charge in [-0.15, -0.1) is 12.4 Å². The molecule has 0 bridgehead atoms. The lowest BCUT2D eigenvalue weighted by Crippen LogP contribution is -2.47. The highest BCUT2D eigenvalue weighted by atomic mass is 35.5. The molecule has 29 heavy (non-hydrogen) atoms. The van der Waals surface area contributed by atoms with E-state index in [0.717, 1.165) is 44.8 Å². The van der Waals surface area contributed by atoms with Crippen LogP contribution in [0.4, 0.5) is 8.78 Å². The highest BCUT2D eigenvalue weighted by Gasteiger charge is 2.46. The Kier molecular flexibility index (Phi) is 7.11. The number of halogens is 3. The standard InChI is InChI=1S/C21H27F2N3O2.ClH/c22-17-6-5-14(9-18(17)23)15-10-16(15)21(28)26-8-2-3-13(12-26)11-25-20(27)19-4-1-7-24-19;/h5-6,9,13,15-16,19,24H,1-4,7-8,10-12H2,(H,25,27);1H. The summed E-state index contributed by atoms with van der Waals surface area (Å²) in [5.74, 6) is -1.45. The Morgan fingerprint density at radius 3 is 2.72 bits per heavy atom. The number of piperidine rings is 1. The summed E-state index contributed by atoms with van der Waals surface area (Å²) in [5.41, 5.74) is 0.696. The third kappa shape index (κ3) is 5.07. The van der Waals surface area contributed by atoms with Crippen molar-refractivity contribution >= 4 is 24.2 Å². The lowest BCUT2D eigenvalue weighted by atomic mass is 9.97. The van der Waals surface area contributed by atoms with Crippen LogP contribution in [0.3, 0.4) is 0 Å². The molecule has 1 aromatic rings. The highest BCUT2D eigenvalue weighted by molar-refractivity contribution is 5.85. The predicted octanol–water partition coefficient (Wildman–Crippen LogP) is 2.60. The number of benzene rings is 1. The molecule has 3 aliphatic rings. The molecule has 1 saturated carbocycles. The van der Waals surface area contributed by atoms with E-state index in [1.165, 1.54) is 6.07 Å². The van der Waals surface area contributed by atoms with Crippen molar-refractivity contribution in [3.05, 3.63) is 35.4 Å². The SMILES string of the molecule is Cl.O=C(NCC1CCCN(C(=O)C2CC2c2ccc(F)c(F)c2)C1)C1CCCN1. The van der Waals surface area contributed by atoms with Crippen LogP contribution in [0.2, 0.25) is 0 Å². The zero-order valence-electron chi connectivity index (χ0n) is 16.3. The summed E-state index contributed by atoms with van der Waals surface area (Å²) in [6.45, 7) is 2.87. The maximum atomic E-state index is 13.5. The fraction of sp³-hybridized carbons (Fsp3) is 0.619. The van der Waals surface area contributed by atoms with Gasteiger partial charge in [-0.1, -0.05) is 6.07 Å². The minimum absolute atomic E-state index is 0.